The minimum atomic E-state index is -0.0169. The first-order chi connectivity index (χ1) is 17.0. The van der Waals surface area contributed by atoms with Crippen LogP contribution in [0.3, 0.4) is 0 Å². The van der Waals surface area contributed by atoms with Crippen LogP contribution in [0.5, 0.6) is 11.5 Å². The van der Waals surface area contributed by atoms with E-state index in [1.807, 2.05) is 6.07 Å². The van der Waals surface area contributed by atoms with Crippen molar-refractivity contribution in [1.29, 1.82) is 5.26 Å². The molecule has 1 aliphatic heterocycles. The highest BCUT2D eigenvalue weighted by molar-refractivity contribution is 6.32. The van der Waals surface area contributed by atoms with E-state index in [9.17, 15) is 10.1 Å². The number of nitriles is 1. The first-order valence-electron chi connectivity index (χ1n) is 12.0. The highest BCUT2D eigenvalue weighted by Gasteiger charge is 2.38. The lowest BCUT2D eigenvalue weighted by Crippen LogP contribution is -2.57. The molecule has 4 rings (SSSR count). The number of Topliss-reactive ketones (excluding diaryl/α,β-unsaturated/α-hetero) is 1. The fourth-order valence-electron chi connectivity index (χ4n) is 5.52. The zero-order chi connectivity index (χ0) is 26.1. The summed E-state index contributed by atoms with van der Waals surface area (Å²) in [6.45, 7) is 8.73. The second-order valence-electron chi connectivity index (χ2n) is 10.8. The molecule has 1 saturated heterocycles. The molecule has 1 aromatic heterocycles. The highest BCUT2D eigenvalue weighted by atomic mass is 35.5. The number of benzene rings is 2. The van der Waals surface area contributed by atoms with E-state index in [-0.39, 0.29) is 16.9 Å². The zero-order valence-electron chi connectivity index (χ0n) is 21.1. The van der Waals surface area contributed by atoms with Crippen molar-refractivity contribution >= 4 is 23.2 Å². The molecule has 186 valence electrons. The van der Waals surface area contributed by atoms with E-state index < -0.39 is 0 Å². The fourth-order valence-corrected chi connectivity index (χ4v) is 5.74. The third-order valence-corrected chi connectivity index (χ3v) is 6.75. The monoisotopic (exact) mass is 502 g/mol. The largest absolute Gasteiger partial charge is 0.454 e. The Morgan fingerprint density at radius 2 is 1.86 bits per heavy atom. The number of hydrogen-bond acceptors (Lipinski definition) is 6. The molecule has 2 heterocycles. The predicted molar refractivity (Wildman–Crippen MR) is 143 cm³/mol. The van der Waals surface area contributed by atoms with Gasteiger partial charge in [0.05, 0.1) is 5.02 Å². The standard InChI is InChI=1S/C29H31ClN4O2/c1-28(2)15-18(16-29(3,4)34-28)12-24(35)20-8-9-26(23(30)13-20)36-25-7-5-6-21(22(25)17-31)19-10-11-33-27(32)14-19/h5-11,13-14,18,34H,12,15-16H2,1-4H3,(H2,32,33). The number of pyridine rings is 1. The van der Waals surface area contributed by atoms with Gasteiger partial charge in [0.2, 0.25) is 0 Å². The molecule has 1 fully saturated rings. The number of hydrogen-bond donors (Lipinski definition) is 2. The molecule has 36 heavy (non-hydrogen) atoms. The van der Waals surface area contributed by atoms with Gasteiger partial charge in [-0.2, -0.15) is 5.26 Å². The number of ether oxygens (including phenoxy) is 1. The minimum absolute atomic E-state index is 0.0169. The third-order valence-electron chi connectivity index (χ3n) is 6.45. The molecule has 0 radical (unpaired) electrons. The summed E-state index contributed by atoms with van der Waals surface area (Å²) in [6.07, 6.45) is 3.94. The van der Waals surface area contributed by atoms with Crippen molar-refractivity contribution in [1.82, 2.24) is 10.3 Å². The number of piperidine rings is 1. The molecule has 7 heteroatoms. The number of anilines is 1. The predicted octanol–water partition coefficient (Wildman–Crippen LogP) is 6.78. The molecule has 1 aliphatic rings. The van der Waals surface area contributed by atoms with Gasteiger partial charge >= 0.3 is 0 Å². The van der Waals surface area contributed by atoms with E-state index in [0.717, 1.165) is 18.4 Å². The van der Waals surface area contributed by atoms with Crippen molar-refractivity contribution in [3.05, 3.63) is 70.9 Å². The number of aromatic nitrogens is 1. The minimum Gasteiger partial charge on any atom is -0.454 e. The highest BCUT2D eigenvalue weighted by Crippen LogP contribution is 2.38. The topological polar surface area (TPSA) is 101 Å². The fraction of sp³-hybridized carbons (Fsp3) is 0.345. The lowest BCUT2D eigenvalue weighted by atomic mass is 9.74. The van der Waals surface area contributed by atoms with Gasteiger partial charge in [0.1, 0.15) is 28.9 Å². The number of halogens is 1. The van der Waals surface area contributed by atoms with Crippen LogP contribution in [0.25, 0.3) is 11.1 Å². The van der Waals surface area contributed by atoms with Crippen LogP contribution in [0, 0.1) is 17.2 Å². The van der Waals surface area contributed by atoms with E-state index in [1.165, 1.54) is 0 Å². The summed E-state index contributed by atoms with van der Waals surface area (Å²) in [7, 11) is 0. The second kappa shape index (κ2) is 9.93. The van der Waals surface area contributed by atoms with Gasteiger partial charge in [-0.05, 0) is 88.4 Å². The summed E-state index contributed by atoms with van der Waals surface area (Å²) in [4.78, 5) is 17.1. The summed E-state index contributed by atoms with van der Waals surface area (Å²) in [5.74, 6) is 1.46. The van der Waals surface area contributed by atoms with Crippen LogP contribution in [-0.4, -0.2) is 21.8 Å². The maximum atomic E-state index is 13.1. The first kappa shape index (κ1) is 25.7. The second-order valence-corrected chi connectivity index (χ2v) is 11.2. The van der Waals surface area contributed by atoms with Crippen LogP contribution in [0.15, 0.2) is 54.7 Å². The molecule has 0 unspecified atom stereocenters. The maximum absolute atomic E-state index is 13.1. The van der Waals surface area contributed by atoms with E-state index in [4.69, 9.17) is 22.1 Å². The van der Waals surface area contributed by atoms with Crippen molar-refractivity contribution in [3.63, 3.8) is 0 Å². The number of ketones is 1. The Morgan fingerprint density at radius 3 is 2.50 bits per heavy atom. The van der Waals surface area contributed by atoms with Gasteiger partial charge in [-0.3, -0.25) is 4.79 Å². The van der Waals surface area contributed by atoms with Crippen molar-refractivity contribution in [2.75, 3.05) is 5.73 Å². The molecule has 3 N–H and O–H groups in total. The van der Waals surface area contributed by atoms with Crippen LogP contribution in [0.4, 0.5) is 5.82 Å². The Hall–Kier alpha value is -3.40. The first-order valence-corrected chi connectivity index (χ1v) is 12.4. The summed E-state index contributed by atoms with van der Waals surface area (Å²) in [5.41, 5.74) is 8.15. The third kappa shape index (κ3) is 5.87. The van der Waals surface area contributed by atoms with Gasteiger partial charge in [-0.1, -0.05) is 23.7 Å². The Kier molecular flexibility index (Phi) is 7.08. The van der Waals surface area contributed by atoms with Crippen LogP contribution < -0.4 is 15.8 Å². The normalized spacial score (nSPS) is 16.8. The number of nitrogens with one attached hydrogen (secondary N) is 1. The van der Waals surface area contributed by atoms with Gasteiger partial charge in [0, 0.05) is 34.8 Å². The molecule has 6 nitrogen and oxygen atoms in total. The van der Waals surface area contributed by atoms with E-state index in [0.29, 0.717) is 51.4 Å². The Morgan fingerprint density at radius 1 is 1.14 bits per heavy atom. The summed E-state index contributed by atoms with van der Waals surface area (Å²) >= 11 is 6.53. The van der Waals surface area contributed by atoms with Crippen LogP contribution >= 0.6 is 11.6 Å². The number of nitrogen functional groups attached to an aromatic ring is 1. The molecular formula is C29H31ClN4O2. The number of nitrogens with two attached hydrogens (primary N) is 1. The number of nitrogens with zero attached hydrogens (tertiary/aromatic N) is 2. The number of carbonyl (C=O) groups is 1. The summed E-state index contributed by atoms with van der Waals surface area (Å²) in [6, 6.07) is 16.1. The summed E-state index contributed by atoms with van der Waals surface area (Å²) in [5, 5.41) is 13.8. The van der Waals surface area contributed by atoms with Gasteiger partial charge in [-0.15, -0.1) is 0 Å². The Balaban J connectivity index is 1.54. The van der Waals surface area contributed by atoms with Crippen molar-refractivity contribution in [3.8, 4) is 28.7 Å². The average Bonchev–Trinajstić information content (AvgIpc) is 2.78. The van der Waals surface area contributed by atoms with Gasteiger partial charge < -0.3 is 15.8 Å². The molecule has 2 aromatic carbocycles. The van der Waals surface area contributed by atoms with Gasteiger partial charge in [-0.25, -0.2) is 4.98 Å². The molecule has 0 amide bonds. The van der Waals surface area contributed by atoms with Crippen molar-refractivity contribution in [2.45, 2.75) is 58.0 Å². The molecule has 0 atom stereocenters. The van der Waals surface area contributed by atoms with Crippen molar-refractivity contribution < 1.29 is 9.53 Å². The molecule has 0 spiro atoms. The lowest BCUT2D eigenvalue weighted by Gasteiger charge is -2.46. The zero-order valence-corrected chi connectivity index (χ0v) is 21.8. The van der Waals surface area contributed by atoms with Crippen LogP contribution in [0.1, 0.15) is 62.9 Å². The van der Waals surface area contributed by atoms with Crippen LogP contribution in [-0.2, 0) is 0 Å². The smallest absolute Gasteiger partial charge is 0.163 e. The van der Waals surface area contributed by atoms with Crippen LogP contribution in [0.2, 0.25) is 5.02 Å². The van der Waals surface area contributed by atoms with E-state index in [2.05, 4.69) is 44.1 Å². The Labute approximate surface area is 217 Å². The average molecular weight is 503 g/mol. The van der Waals surface area contributed by atoms with E-state index >= 15 is 0 Å². The van der Waals surface area contributed by atoms with Gasteiger partial charge in [0.15, 0.2) is 5.78 Å². The van der Waals surface area contributed by atoms with Gasteiger partial charge in [0.25, 0.3) is 0 Å². The van der Waals surface area contributed by atoms with E-state index in [1.54, 1.807) is 48.7 Å². The molecule has 0 bridgehead atoms. The SMILES string of the molecule is CC1(C)CC(CC(=O)c2ccc(Oc3cccc(-c4ccnc(N)c4)c3C#N)c(Cl)c2)CC(C)(C)N1. The number of carbonyl (C=O) groups excluding carboxylic acids is 1. The molecule has 3 aromatic rings. The lowest BCUT2D eigenvalue weighted by molar-refractivity contribution is 0.0864. The maximum Gasteiger partial charge on any atom is 0.163 e. The Bertz CT molecular complexity index is 1330. The van der Waals surface area contributed by atoms with Crippen molar-refractivity contribution in [2.24, 2.45) is 5.92 Å². The summed E-state index contributed by atoms with van der Waals surface area (Å²) < 4.78 is 6.04. The molecule has 0 aliphatic carbocycles. The number of rotatable bonds is 6. The molecular weight excluding hydrogens is 472 g/mol. The quantitative estimate of drug-likeness (QED) is 0.360. The molecule has 0 saturated carbocycles.